The van der Waals surface area contributed by atoms with Crippen LogP contribution in [0.5, 0.6) is 0 Å². The summed E-state index contributed by atoms with van der Waals surface area (Å²) in [7, 11) is 0. The maximum Gasteiger partial charge on any atom is 0.318 e. The number of thioether (sulfide) groups is 1. The molecule has 0 aliphatic rings. The molecule has 0 saturated heterocycles. The fraction of sp³-hybridized carbons (Fsp3) is 0.333. The van der Waals surface area contributed by atoms with Gasteiger partial charge in [-0.3, -0.25) is 10.1 Å². The summed E-state index contributed by atoms with van der Waals surface area (Å²) in [5.41, 5.74) is 6.89. The van der Waals surface area contributed by atoms with Gasteiger partial charge in [0.15, 0.2) is 0 Å². The Morgan fingerprint density at radius 3 is 2.68 bits per heavy atom. The smallest absolute Gasteiger partial charge is 0.318 e. The van der Waals surface area contributed by atoms with Crippen LogP contribution in [0.4, 0.5) is 4.79 Å². The normalized spacial score (nSPS) is 11.5. The van der Waals surface area contributed by atoms with Gasteiger partial charge in [0.1, 0.15) is 11.1 Å². The van der Waals surface area contributed by atoms with Gasteiger partial charge < -0.3 is 5.73 Å². The highest BCUT2D eigenvalue weighted by Gasteiger charge is 2.19. The number of pyridine rings is 1. The number of aromatic nitrogens is 1. The van der Waals surface area contributed by atoms with Crippen LogP contribution >= 0.6 is 11.8 Å². The Morgan fingerprint density at radius 2 is 2.16 bits per heavy atom. The summed E-state index contributed by atoms with van der Waals surface area (Å²) in [6.45, 7) is 5.24. The van der Waals surface area contributed by atoms with Crippen molar-refractivity contribution in [2.24, 2.45) is 5.73 Å². The standard InChI is InChI=1S/C12H14N4O2S/c1-6-4-7(2)15-11(9(6)5-13)19-8(3)10(17)16-12(14)18/h4,8H,1-3H3,(H3,14,16,17,18). The molecule has 3 amide bonds. The number of primary amides is 1. The van der Waals surface area contributed by atoms with E-state index in [2.05, 4.69) is 11.1 Å². The molecule has 0 radical (unpaired) electrons. The molecule has 3 N–H and O–H groups in total. The first kappa shape index (κ1) is 15.0. The molecule has 19 heavy (non-hydrogen) atoms. The number of nitrogens with two attached hydrogens (primary N) is 1. The van der Waals surface area contributed by atoms with Gasteiger partial charge in [0.25, 0.3) is 0 Å². The molecular weight excluding hydrogens is 264 g/mol. The van der Waals surface area contributed by atoms with Crippen LogP contribution in [0.15, 0.2) is 11.1 Å². The van der Waals surface area contributed by atoms with Crippen molar-refractivity contribution in [3.63, 3.8) is 0 Å². The van der Waals surface area contributed by atoms with Gasteiger partial charge in [-0.2, -0.15) is 5.26 Å². The molecule has 0 spiro atoms. The number of nitriles is 1. The molecule has 1 aromatic rings. The number of nitrogens with zero attached hydrogens (tertiary/aromatic N) is 2. The van der Waals surface area contributed by atoms with Crippen molar-refractivity contribution < 1.29 is 9.59 Å². The van der Waals surface area contributed by atoms with E-state index in [1.807, 2.05) is 19.2 Å². The number of carbonyl (C=O) groups is 2. The minimum atomic E-state index is -0.897. The van der Waals surface area contributed by atoms with Crippen molar-refractivity contribution in [2.75, 3.05) is 0 Å². The third-order valence-electron chi connectivity index (χ3n) is 2.33. The van der Waals surface area contributed by atoms with Crippen molar-refractivity contribution in [1.82, 2.24) is 10.3 Å². The minimum absolute atomic E-state index is 0.439. The summed E-state index contributed by atoms with van der Waals surface area (Å²) in [6.07, 6.45) is 0. The lowest BCUT2D eigenvalue weighted by atomic mass is 10.1. The van der Waals surface area contributed by atoms with Crippen LogP contribution in [0.25, 0.3) is 0 Å². The van der Waals surface area contributed by atoms with Crippen molar-refractivity contribution in [3.8, 4) is 6.07 Å². The van der Waals surface area contributed by atoms with Crippen LogP contribution in [0.1, 0.15) is 23.7 Å². The highest BCUT2D eigenvalue weighted by Crippen LogP contribution is 2.27. The van der Waals surface area contributed by atoms with Crippen LogP contribution in [-0.2, 0) is 4.79 Å². The number of imide groups is 1. The molecule has 0 aliphatic carbocycles. The van der Waals surface area contributed by atoms with Gasteiger partial charge in [0.05, 0.1) is 10.8 Å². The number of aryl methyl sites for hydroxylation is 2. The molecule has 0 aromatic carbocycles. The molecule has 0 fully saturated rings. The average Bonchev–Trinajstić information content (AvgIpc) is 2.27. The number of hydrogen-bond donors (Lipinski definition) is 2. The van der Waals surface area contributed by atoms with Gasteiger partial charge in [-0.15, -0.1) is 0 Å². The molecule has 6 nitrogen and oxygen atoms in total. The van der Waals surface area contributed by atoms with Gasteiger partial charge >= 0.3 is 6.03 Å². The molecule has 0 aliphatic heterocycles. The maximum atomic E-state index is 11.6. The largest absolute Gasteiger partial charge is 0.351 e. The fourth-order valence-electron chi connectivity index (χ4n) is 1.47. The van der Waals surface area contributed by atoms with Gasteiger partial charge in [0, 0.05) is 5.69 Å². The van der Waals surface area contributed by atoms with Crippen molar-refractivity contribution in [1.29, 1.82) is 5.26 Å². The number of carbonyl (C=O) groups excluding carboxylic acids is 2. The maximum absolute atomic E-state index is 11.6. The lowest BCUT2D eigenvalue weighted by Crippen LogP contribution is -2.39. The molecule has 1 rings (SSSR count). The van der Waals surface area contributed by atoms with E-state index in [0.29, 0.717) is 10.6 Å². The Balaban J connectivity index is 2.97. The minimum Gasteiger partial charge on any atom is -0.351 e. The second-order valence-corrected chi connectivity index (χ2v) is 5.32. The molecule has 0 saturated carbocycles. The Kier molecular flexibility index (Phi) is 4.89. The molecule has 0 bridgehead atoms. The second-order valence-electron chi connectivity index (χ2n) is 3.99. The number of urea groups is 1. The van der Waals surface area contributed by atoms with E-state index in [0.717, 1.165) is 23.0 Å². The zero-order chi connectivity index (χ0) is 14.6. The number of hydrogen-bond acceptors (Lipinski definition) is 5. The summed E-state index contributed by atoms with van der Waals surface area (Å²) in [5.74, 6) is -0.512. The summed E-state index contributed by atoms with van der Waals surface area (Å²) in [6, 6.07) is 2.97. The summed E-state index contributed by atoms with van der Waals surface area (Å²) in [4.78, 5) is 26.4. The average molecular weight is 278 g/mol. The zero-order valence-electron chi connectivity index (χ0n) is 10.9. The van der Waals surface area contributed by atoms with Crippen molar-refractivity contribution in [3.05, 3.63) is 22.9 Å². The van der Waals surface area contributed by atoms with Crippen LogP contribution in [0, 0.1) is 25.2 Å². The van der Waals surface area contributed by atoms with E-state index in [1.165, 1.54) is 0 Å². The van der Waals surface area contributed by atoms with E-state index in [-0.39, 0.29) is 0 Å². The van der Waals surface area contributed by atoms with Gasteiger partial charge in [0.2, 0.25) is 5.91 Å². The Hall–Kier alpha value is -2.07. The third-order valence-corrected chi connectivity index (χ3v) is 3.41. The zero-order valence-corrected chi connectivity index (χ0v) is 11.7. The first-order chi connectivity index (χ1) is 8.85. The Labute approximate surface area is 115 Å². The SMILES string of the molecule is Cc1cc(C)c(C#N)c(SC(C)C(=O)NC(N)=O)n1. The predicted molar refractivity (Wildman–Crippen MR) is 71.5 cm³/mol. The Morgan fingerprint density at radius 1 is 1.53 bits per heavy atom. The molecular formula is C12H14N4O2S. The molecule has 1 aromatic heterocycles. The van der Waals surface area contributed by atoms with Crippen LogP contribution in [0.3, 0.4) is 0 Å². The first-order valence-electron chi connectivity index (χ1n) is 5.50. The van der Waals surface area contributed by atoms with Crippen LogP contribution in [-0.4, -0.2) is 22.2 Å². The summed E-state index contributed by atoms with van der Waals surface area (Å²) >= 11 is 1.12. The summed E-state index contributed by atoms with van der Waals surface area (Å²) in [5, 5.41) is 11.0. The van der Waals surface area contributed by atoms with E-state index in [9.17, 15) is 9.59 Å². The highest BCUT2D eigenvalue weighted by atomic mass is 32.2. The molecule has 1 atom stereocenters. The lowest BCUT2D eigenvalue weighted by Gasteiger charge is -2.12. The van der Waals surface area contributed by atoms with Gasteiger partial charge in [-0.25, -0.2) is 9.78 Å². The number of amides is 3. The molecule has 1 unspecified atom stereocenters. The van der Waals surface area contributed by atoms with Crippen molar-refractivity contribution >= 4 is 23.7 Å². The summed E-state index contributed by atoms with van der Waals surface area (Å²) < 4.78 is 0. The monoisotopic (exact) mass is 278 g/mol. The van der Waals surface area contributed by atoms with E-state index >= 15 is 0 Å². The molecule has 100 valence electrons. The third kappa shape index (κ3) is 3.96. The molecule has 7 heteroatoms. The van der Waals surface area contributed by atoms with Crippen LogP contribution < -0.4 is 11.1 Å². The quantitative estimate of drug-likeness (QED) is 0.809. The van der Waals surface area contributed by atoms with E-state index in [4.69, 9.17) is 11.0 Å². The van der Waals surface area contributed by atoms with Gasteiger partial charge in [-0.05, 0) is 32.4 Å². The Bertz CT molecular complexity index is 566. The van der Waals surface area contributed by atoms with E-state index in [1.54, 1.807) is 13.0 Å². The fourth-order valence-corrected chi connectivity index (χ4v) is 2.49. The van der Waals surface area contributed by atoms with Crippen LogP contribution in [0.2, 0.25) is 0 Å². The molecule has 1 heterocycles. The second kappa shape index (κ2) is 6.20. The predicted octanol–water partition coefficient (Wildman–Crippen LogP) is 1.25. The number of rotatable bonds is 3. The van der Waals surface area contributed by atoms with Crippen molar-refractivity contribution in [2.45, 2.75) is 31.0 Å². The highest BCUT2D eigenvalue weighted by molar-refractivity contribution is 8.00. The topological polar surface area (TPSA) is 109 Å². The van der Waals surface area contributed by atoms with Gasteiger partial charge in [-0.1, -0.05) is 11.8 Å². The lowest BCUT2D eigenvalue weighted by molar-refractivity contribution is -0.119. The van der Waals surface area contributed by atoms with E-state index < -0.39 is 17.2 Å². The number of nitrogens with one attached hydrogen (secondary N) is 1. The first-order valence-corrected chi connectivity index (χ1v) is 6.38.